The van der Waals surface area contributed by atoms with E-state index in [4.69, 9.17) is 5.73 Å². The third-order valence-electron chi connectivity index (χ3n) is 2.21. The molecule has 7 heteroatoms. The second kappa shape index (κ2) is 4.75. The Labute approximate surface area is 102 Å². The maximum absolute atomic E-state index is 5.75. The van der Waals surface area contributed by atoms with Crippen molar-refractivity contribution in [2.45, 2.75) is 11.4 Å². The summed E-state index contributed by atoms with van der Waals surface area (Å²) in [5.74, 6) is 1.58. The lowest BCUT2D eigenvalue weighted by Gasteiger charge is -2.05. The number of nitrogens with one attached hydrogen (secondary N) is 1. The molecular formula is C9H13N5S2. The average molecular weight is 255 g/mol. The van der Waals surface area contributed by atoms with Crippen LogP contribution in [-0.4, -0.2) is 20.2 Å². The third-order valence-corrected chi connectivity index (χ3v) is 3.98. The van der Waals surface area contributed by atoms with E-state index in [1.54, 1.807) is 18.0 Å². The van der Waals surface area contributed by atoms with Gasteiger partial charge in [0.05, 0.1) is 11.4 Å². The van der Waals surface area contributed by atoms with Crippen molar-refractivity contribution >= 4 is 34.1 Å². The minimum Gasteiger partial charge on any atom is -0.382 e. The number of hydrogen-bond donors (Lipinski definition) is 2. The van der Waals surface area contributed by atoms with E-state index in [1.807, 2.05) is 24.1 Å². The minimum atomic E-state index is 0.597. The number of anilines is 2. The van der Waals surface area contributed by atoms with Crippen molar-refractivity contribution in [1.29, 1.82) is 0 Å². The molecule has 0 atom stereocenters. The highest BCUT2D eigenvalue weighted by atomic mass is 32.2. The van der Waals surface area contributed by atoms with Crippen molar-refractivity contribution in [2.24, 2.45) is 7.05 Å². The van der Waals surface area contributed by atoms with Crippen LogP contribution in [0.2, 0.25) is 0 Å². The summed E-state index contributed by atoms with van der Waals surface area (Å²) in [5, 5.41) is 4.31. The Kier molecular flexibility index (Phi) is 3.35. The van der Waals surface area contributed by atoms with Crippen LogP contribution in [0.3, 0.4) is 0 Å². The first-order valence-electron chi connectivity index (χ1n) is 4.71. The van der Waals surface area contributed by atoms with Crippen LogP contribution in [0, 0.1) is 0 Å². The number of rotatable bonds is 4. The zero-order chi connectivity index (χ0) is 11.5. The quantitative estimate of drug-likeness (QED) is 0.815. The Morgan fingerprint density at radius 1 is 1.62 bits per heavy atom. The molecule has 0 fully saturated rings. The normalized spacial score (nSPS) is 10.6. The molecule has 0 unspecified atom stereocenters. The van der Waals surface area contributed by atoms with Crippen LogP contribution in [0.5, 0.6) is 0 Å². The SMILES string of the molecule is CSc1c(N)nsc1NCc1nccn1C. The smallest absolute Gasteiger partial charge is 0.153 e. The van der Waals surface area contributed by atoms with E-state index in [1.165, 1.54) is 11.5 Å². The van der Waals surface area contributed by atoms with E-state index in [0.29, 0.717) is 12.4 Å². The van der Waals surface area contributed by atoms with Crippen molar-refractivity contribution in [2.75, 3.05) is 17.3 Å². The van der Waals surface area contributed by atoms with Crippen LogP contribution in [0.1, 0.15) is 5.82 Å². The molecule has 0 radical (unpaired) electrons. The van der Waals surface area contributed by atoms with Crippen molar-refractivity contribution in [1.82, 2.24) is 13.9 Å². The van der Waals surface area contributed by atoms with E-state index < -0.39 is 0 Å². The van der Waals surface area contributed by atoms with Gasteiger partial charge in [0.15, 0.2) is 5.82 Å². The number of nitrogens with zero attached hydrogens (tertiary/aromatic N) is 3. The summed E-state index contributed by atoms with van der Waals surface area (Å²) in [6.07, 6.45) is 5.70. The van der Waals surface area contributed by atoms with Crippen molar-refractivity contribution in [3.63, 3.8) is 0 Å². The molecule has 0 amide bonds. The molecule has 3 N–H and O–H groups in total. The van der Waals surface area contributed by atoms with E-state index in [9.17, 15) is 0 Å². The largest absolute Gasteiger partial charge is 0.382 e. The molecule has 0 spiro atoms. The lowest BCUT2D eigenvalue weighted by molar-refractivity contribution is 0.813. The number of nitrogen functional groups attached to an aromatic ring is 1. The Morgan fingerprint density at radius 3 is 3.06 bits per heavy atom. The number of aromatic nitrogens is 3. The molecule has 2 rings (SSSR count). The first-order chi connectivity index (χ1) is 7.72. The van der Waals surface area contributed by atoms with Gasteiger partial charge < -0.3 is 15.6 Å². The molecule has 0 saturated heterocycles. The molecule has 2 aromatic rings. The fourth-order valence-corrected chi connectivity index (χ4v) is 2.87. The molecule has 2 heterocycles. The zero-order valence-corrected chi connectivity index (χ0v) is 10.7. The number of hydrogen-bond acceptors (Lipinski definition) is 6. The van der Waals surface area contributed by atoms with Gasteiger partial charge in [-0.3, -0.25) is 0 Å². The van der Waals surface area contributed by atoms with Gasteiger partial charge in [-0.25, -0.2) is 4.98 Å². The van der Waals surface area contributed by atoms with Gasteiger partial charge in [0, 0.05) is 19.4 Å². The fraction of sp³-hybridized carbons (Fsp3) is 0.333. The van der Waals surface area contributed by atoms with Crippen LogP contribution in [0.25, 0.3) is 0 Å². The van der Waals surface area contributed by atoms with Gasteiger partial charge in [-0.15, -0.1) is 11.8 Å². The third kappa shape index (κ3) is 2.14. The summed E-state index contributed by atoms with van der Waals surface area (Å²) in [6.45, 7) is 0.679. The average Bonchev–Trinajstić information content (AvgIpc) is 2.82. The number of thioether (sulfide) groups is 1. The molecule has 0 aliphatic heterocycles. The Morgan fingerprint density at radius 2 is 2.44 bits per heavy atom. The summed E-state index contributed by atoms with van der Waals surface area (Å²) in [4.78, 5) is 5.25. The highest BCUT2D eigenvalue weighted by Crippen LogP contribution is 2.34. The molecule has 0 bridgehead atoms. The van der Waals surface area contributed by atoms with E-state index in [-0.39, 0.29) is 0 Å². The van der Waals surface area contributed by atoms with Gasteiger partial charge >= 0.3 is 0 Å². The summed E-state index contributed by atoms with van der Waals surface area (Å²) in [6, 6.07) is 0. The van der Waals surface area contributed by atoms with Crippen LogP contribution in [0.4, 0.5) is 10.8 Å². The predicted molar refractivity (Wildman–Crippen MR) is 68.8 cm³/mol. The molecule has 16 heavy (non-hydrogen) atoms. The summed E-state index contributed by atoms with van der Waals surface area (Å²) >= 11 is 2.99. The van der Waals surface area contributed by atoms with Gasteiger partial charge in [0.2, 0.25) is 0 Å². The van der Waals surface area contributed by atoms with Gasteiger partial charge in [-0.05, 0) is 17.8 Å². The van der Waals surface area contributed by atoms with Crippen molar-refractivity contribution in [3.8, 4) is 0 Å². The topological polar surface area (TPSA) is 68.8 Å². The maximum Gasteiger partial charge on any atom is 0.153 e. The molecule has 0 aromatic carbocycles. The summed E-state index contributed by atoms with van der Waals surface area (Å²) in [5.41, 5.74) is 5.75. The Bertz CT molecular complexity index is 476. The van der Waals surface area contributed by atoms with E-state index >= 15 is 0 Å². The maximum atomic E-state index is 5.75. The molecule has 2 aromatic heterocycles. The van der Waals surface area contributed by atoms with Crippen LogP contribution in [0.15, 0.2) is 17.3 Å². The van der Waals surface area contributed by atoms with Crippen LogP contribution in [-0.2, 0) is 13.6 Å². The second-order valence-corrected chi connectivity index (χ2v) is 4.83. The number of aryl methyl sites for hydroxylation is 1. The van der Waals surface area contributed by atoms with E-state index in [2.05, 4.69) is 14.7 Å². The molecule has 0 saturated carbocycles. The van der Waals surface area contributed by atoms with Crippen LogP contribution >= 0.6 is 23.3 Å². The predicted octanol–water partition coefficient (Wildman–Crippen LogP) is 1.79. The molecule has 0 aliphatic rings. The Hall–Kier alpha value is -1.21. The second-order valence-electron chi connectivity index (χ2n) is 3.24. The molecule has 0 aliphatic carbocycles. The first kappa shape index (κ1) is 11.3. The number of nitrogens with two attached hydrogens (primary N) is 1. The lowest BCUT2D eigenvalue weighted by atomic mass is 10.5. The molecule has 86 valence electrons. The van der Waals surface area contributed by atoms with Crippen molar-refractivity contribution < 1.29 is 0 Å². The highest BCUT2D eigenvalue weighted by Gasteiger charge is 2.10. The van der Waals surface area contributed by atoms with Crippen molar-refractivity contribution in [3.05, 3.63) is 18.2 Å². The van der Waals surface area contributed by atoms with Gasteiger partial charge in [-0.2, -0.15) is 4.37 Å². The van der Waals surface area contributed by atoms with Crippen LogP contribution < -0.4 is 11.1 Å². The van der Waals surface area contributed by atoms with E-state index in [0.717, 1.165) is 15.7 Å². The summed E-state index contributed by atoms with van der Waals surface area (Å²) < 4.78 is 6.10. The monoisotopic (exact) mass is 255 g/mol. The summed E-state index contributed by atoms with van der Waals surface area (Å²) in [7, 11) is 1.97. The zero-order valence-electron chi connectivity index (χ0n) is 9.10. The fourth-order valence-electron chi connectivity index (χ4n) is 1.33. The standard InChI is InChI=1S/C9H13N5S2/c1-14-4-3-11-6(14)5-12-9-7(15-2)8(10)13-16-9/h3-4,12H,5H2,1-2H3,(H2,10,13). The first-order valence-corrected chi connectivity index (χ1v) is 6.71. The lowest BCUT2D eigenvalue weighted by Crippen LogP contribution is -2.05. The highest BCUT2D eigenvalue weighted by molar-refractivity contribution is 7.99. The van der Waals surface area contributed by atoms with Gasteiger partial charge in [-0.1, -0.05) is 0 Å². The van der Waals surface area contributed by atoms with Gasteiger partial charge in [0.1, 0.15) is 10.8 Å². The van der Waals surface area contributed by atoms with Gasteiger partial charge in [0.25, 0.3) is 0 Å². The Balaban J connectivity index is 2.07. The molecular weight excluding hydrogens is 242 g/mol. The molecule has 5 nitrogen and oxygen atoms in total. The minimum absolute atomic E-state index is 0.597. The number of imidazole rings is 1.